The molecule has 0 fully saturated rings. The van der Waals surface area contributed by atoms with Gasteiger partial charge in [0.1, 0.15) is 0 Å². The van der Waals surface area contributed by atoms with E-state index in [4.69, 9.17) is 0 Å². The van der Waals surface area contributed by atoms with Crippen LogP contribution in [0.4, 0.5) is 0 Å². The third-order valence-electron chi connectivity index (χ3n) is 1.23. The van der Waals surface area contributed by atoms with Gasteiger partial charge in [0.15, 0.2) is 0 Å². The Morgan fingerprint density at radius 1 is 1.71 bits per heavy atom. The quantitative estimate of drug-likeness (QED) is 0.441. The van der Waals surface area contributed by atoms with Gasteiger partial charge in [-0.15, -0.1) is 0 Å². The van der Waals surface area contributed by atoms with Gasteiger partial charge < -0.3 is 0 Å². The first-order chi connectivity index (χ1) is 3.18. The first kappa shape index (κ1) is 6.74. The summed E-state index contributed by atoms with van der Waals surface area (Å²) in [7, 11) is 0. The maximum atomic E-state index is 3.84. The summed E-state index contributed by atoms with van der Waals surface area (Å²) in [6, 6.07) is 0. The molecule has 0 aliphatic rings. The molecule has 0 spiro atoms. The molecule has 0 aliphatic heterocycles. The fourth-order valence-corrected chi connectivity index (χ4v) is 0.285. The van der Waals surface area contributed by atoms with Crippen LogP contribution in [0.1, 0.15) is 20.8 Å². The fourth-order valence-electron chi connectivity index (χ4n) is 0.285. The molecule has 7 heavy (non-hydrogen) atoms. The summed E-state index contributed by atoms with van der Waals surface area (Å²) in [5.41, 5.74) is 1.36. The van der Waals surface area contributed by atoms with E-state index in [-0.39, 0.29) is 0 Å². The first-order valence-electron chi connectivity index (χ1n) is 2.64. The van der Waals surface area contributed by atoms with Gasteiger partial charge in [-0.3, -0.25) is 0 Å². The second-order valence-corrected chi connectivity index (χ2v) is 1.93. The second kappa shape index (κ2) is 2.84. The maximum absolute atomic E-state index is 3.84. The van der Waals surface area contributed by atoms with Gasteiger partial charge in [0.2, 0.25) is 0 Å². The molecule has 0 aromatic rings. The molecule has 0 saturated carbocycles. The minimum Gasteiger partial charge on any atom is -0.0885 e. The van der Waals surface area contributed by atoms with E-state index in [1.165, 1.54) is 5.57 Å². The SMILES string of the molecule is [CH2]C(C)/C(C)=C/C. The van der Waals surface area contributed by atoms with Crippen molar-refractivity contribution in [2.24, 2.45) is 5.92 Å². The lowest BCUT2D eigenvalue weighted by molar-refractivity contribution is 0.855. The van der Waals surface area contributed by atoms with Crippen LogP contribution in [0.25, 0.3) is 0 Å². The largest absolute Gasteiger partial charge is 0.0885 e. The Bertz CT molecular complexity index is 68.1. The standard InChI is InChI=1S/C7H13/c1-5-7(4)6(2)3/h5-6H,2H2,1,3-4H3/b7-5+. The van der Waals surface area contributed by atoms with E-state index in [0.717, 1.165) is 0 Å². The molecule has 0 aromatic carbocycles. The molecule has 0 amide bonds. The average Bonchev–Trinajstić information content (AvgIpc) is 1.65. The van der Waals surface area contributed by atoms with Gasteiger partial charge >= 0.3 is 0 Å². The zero-order valence-electron chi connectivity index (χ0n) is 5.36. The van der Waals surface area contributed by atoms with Crippen LogP contribution in [-0.2, 0) is 0 Å². The van der Waals surface area contributed by atoms with Crippen molar-refractivity contribution in [1.29, 1.82) is 0 Å². The molecule has 0 N–H and O–H groups in total. The summed E-state index contributed by atoms with van der Waals surface area (Å²) < 4.78 is 0. The van der Waals surface area contributed by atoms with Gasteiger partial charge in [0.05, 0.1) is 0 Å². The zero-order chi connectivity index (χ0) is 5.86. The van der Waals surface area contributed by atoms with Crippen molar-refractivity contribution in [2.75, 3.05) is 0 Å². The lowest BCUT2D eigenvalue weighted by Gasteiger charge is -2.00. The van der Waals surface area contributed by atoms with Crippen molar-refractivity contribution in [3.8, 4) is 0 Å². The number of rotatable bonds is 1. The molecule has 0 aliphatic carbocycles. The molecule has 0 saturated heterocycles. The molecular weight excluding hydrogens is 84.1 g/mol. The maximum Gasteiger partial charge on any atom is -0.0234 e. The van der Waals surface area contributed by atoms with Crippen LogP contribution in [0.5, 0.6) is 0 Å². The van der Waals surface area contributed by atoms with Crippen LogP contribution in [0, 0.1) is 12.8 Å². The summed E-state index contributed by atoms with van der Waals surface area (Å²) in [6.45, 7) is 10.1. The molecule has 1 unspecified atom stereocenters. The molecule has 0 rings (SSSR count). The van der Waals surface area contributed by atoms with Crippen molar-refractivity contribution >= 4 is 0 Å². The van der Waals surface area contributed by atoms with Crippen molar-refractivity contribution in [3.05, 3.63) is 18.6 Å². The third kappa shape index (κ3) is 2.44. The molecule has 0 heteroatoms. The molecule has 0 bridgehead atoms. The number of hydrogen-bond donors (Lipinski definition) is 0. The summed E-state index contributed by atoms with van der Waals surface area (Å²) in [5, 5.41) is 0. The van der Waals surface area contributed by atoms with Crippen LogP contribution in [0.3, 0.4) is 0 Å². The van der Waals surface area contributed by atoms with Gasteiger partial charge in [-0.2, -0.15) is 0 Å². The summed E-state index contributed by atoms with van der Waals surface area (Å²) in [5.74, 6) is 0.477. The molecule has 1 atom stereocenters. The number of allylic oxidation sites excluding steroid dienone is 2. The predicted octanol–water partition coefficient (Wildman–Crippen LogP) is 2.42. The monoisotopic (exact) mass is 97.1 g/mol. The topological polar surface area (TPSA) is 0 Å². The smallest absolute Gasteiger partial charge is 0.0234 e. The predicted molar refractivity (Wildman–Crippen MR) is 34.0 cm³/mol. The Balaban J connectivity index is 3.56. The summed E-state index contributed by atoms with van der Waals surface area (Å²) >= 11 is 0. The highest BCUT2D eigenvalue weighted by Crippen LogP contribution is 2.05. The molecule has 1 radical (unpaired) electrons. The average molecular weight is 97.2 g/mol. The van der Waals surface area contributed by atoms with E-state index >= 15 is 0 Å². The minimum absolute atomic E-state index is 0.477. The van der Waals surface area contributed by atoms with Gasteiger partial charge in [-0.25, -0.2) is 0 Å². The van der Waals surface area contributed by atoms with Crippen LogP contribution in [0.2, 0.25) is 0 Å². The van der Waals surface area contributed by atoms with E-state index in [1.54, 1.807) is 0 Å². The highest BCUT2D eigenvalue weighted by atomic mass is 14.0. The molecule has 0 nitrogen and oxygen atoms in total. The number of hydrogen-bond acceptors (Lipinski definition) is 0. The van der Waals surface area contributed by atoms with Crippen molar-refractivity contribution in [2.45, 2.75) is 20.8 Å². The van der Waals surface area contributed by atoms with Crippen molar-refractivity contribution < 1.29 is 0 Å². The molecular formula is C7H13. The van der Waals surface area contributed by atoms with Crippen LogP contribution in [0.15, 0.2) is 11.6 Å². The zero-order valence-corrected chi connectivity index (χ0v) is 5.36. The Kier molecular flexibility index (Phi) is 2.73. The lowest BCUT2D eigenvalue weighted by atomic mass is 10.1. The normalized spacial score (nSPS) is 13.0. The van der Waals surface area contributed by atoms with Crippen LogP contribution in [-0.4, -0.2) is 0 Å². The lowest BCUT2D eigenvalue weighted by Crippen LogP contribution is -1.86. The van der Waals surface area contributed by atoms with E-state index in [1.807, 2.05) is 6.92 Å². The summed E-state index contributed by atoms with van der Waals surface area (Å²) in [4.78, 5) is 0. The highest BCUT2D eigenvalue weighted by Gasteiger charge is 1.90. The Morgan fingerprint density at radius 2 is 2.14 bits per heavy atom. The minimum atomic E-state index is 0.477. The second-order valence-electron chi connectivity index (χ2n) is 1.93. The van der Waals surface area contributed by atoms with E-state index in [2.05, 4.69) is 26.8 Å². The molecule has 0 aromatic heterocycles. The van der Waals surface area contributed by atoms with Gasteiger partial charge in [0.25, 0.3) is 0 Å². The van der Waals surface area contributed by atoms with Crippen molar-refractivity contribution in [1.82, 2.24) is 0 Å². The highest BCUT2D eigenvalue weighted by molar-refractivity contribution is 5.00. The van der Waals surface area contributed by atoms with Crippen molar-refractivity contribution in [3.63, 3.8) is 0 Å². The molecule has 0 heterocycles. The van der Waals surface area contributed by atoms with E-state index in [0.29, 0.717) is 5.92 Å². The summed E-state index contributed by atoms with van der Waals surface area (Å²) in [6.07, 6.45) is 2.09. The fraction of sp³-hybridized carbons (Fsp3) is 0.571. The van der Waals surface area contributed by atoms with Crippen LogP contribution >= 0.6 is 0 Å². The third-order valence-corrected chi connectivity index (χ3v) is 1.23. The van der Waals surface area contributed by atoms with Gasteiger partial charge in [0, 0.05) is 0 Å². The Hall–Kier alpha value is -0.260. The van der Waals surface area contributed by atoms with E-state index < -0.39 is 0 Å². The Labute approximate surface area is 46.2 Å². The van der Waals surface area contributed by atoms with E-state index in [9.17, 15) is 0 Å². The van der Waals surface area contributed by atoms with Gasteiger partial charge in [-0.05, 0) is 26.7 Å². The Morgan fingerprint density at radius 3 is 2.14 bits per heavy atom. The van der Waals surface area contributed by atoms with Gasteiger partial charge in [-0.1, -0.05) is 18.6 Å². The van der Waals surface area contributed by atoms with Crippen LogP contribution < -0.4 is 0 Å². The molecule has 41 valence electrons. The first-order valence-corrected chi connectivity index (χ1v) is 2.64.